The molecule has 0 radical (unpaired) electrons. The molecule has 5 heteroatoms. The summed E-state index contributed by atoms with van der Waals surface area (Å²) in [5, 5.41) is 0. The molecular formula is C10H22N4O. The Labute approximate surface area is 91.6 Å². The predicted octanol–water partition coefficient (Wildman–Crippen LogP) is -0.608. The van der Waals surface area contributed by atoms with Crippen molar-refractivity contribution in [3.63, 3.8) is 0 Å². The maximum atomic E-state index is 11.0. The zero-order chi connectivity index (χ0) is 11.3. The predicted molar refractivity (Wildman–Crippen MR) is 60.1 cm³/mol. The number of nitrogens with two attached hydrogens (primary N) is 1. The van der Waals surface area contributed by atoms with Gasteiger partial charge in [0.2, 0.25) is 5.91 Å². The van der Waals surface area contributed by atoms with Gasteiger partial charge < -0.3 is 4.90 Å². The summed E-state index contributed by atoms with van der Waals surface area (Å²) in [7, 11) is 0. The lowest BCUT2D eigenvalue weighted by molar-refractivity contribution is -0.121. The highest BCUT2D eigenvalue weighted by molar-refractivity contribution is 5.75. The highest BCUT2D eigenvalue weighted by atomic mass is 16.2. The van der Waals surface area contributed by atoms with Crippen LogP contribution in [0, 0.1) is 0 Å². The van der Waals surface area contributed by atoms with E-state index in [9.17, 15) is 4.79 Å². The van der Waals surface area contributed by atoms with Gasteiger partial charge in [-0.05, 0) is 13.5 Å². The van der Waals surface area contributed by atoms with Gasteiger partial charge >= 0.3 is 0 Å². The SMILES string of the molecule is CCN1CCN(CCC(=O)NN)CC1C. The van der Waals surface area contributed by atoms with E-state index in [2.05, 4.69) is 29.1 Å². The Hall–Kier alpha value is -0.650. The highest BCUT2D eigenvalue weighted by Crippen LogP contribution is 2.08. The Morgan fingerprint density at radius 2 is 2.27 bits per heavy atom. The van der Waals surface area contributed by atoms with E-state index in [1.54, 1.807) is 0 Å². The molecule has 1 aliphatic rings. The molecular weight excluding hydrogens is 192 g/mol. The van der Waals surface area contributed by atoms with Gasteiger partial charge in [-0.3, -0.25) is 15.1 Å². The Morgan fingerprint density at radius 1 is 1.53 bits per heavy atom. The van der Waals surface area contributed by atoms with Gasteiger partial charge in [0, 0.05) is 38.6 Å². The van der Waals surface area contributed by atoms with E-state index in [4.69, 9.17) is 5.84 Å². The van der Waals surface area contributed by atoms with Crippen LogP contribution in [0.2, 0.25) is 0 Å². The second-order valence-corrected chi connectivity index (χ2v) is 4.10. The first kappa shape index (κ1) is 12.4. The molecule has 88 valence electrons. The number of hydrogen-bond donors (Lipinski definition) is 2. The van der Waals surface area contributed by atoms with E-state index in [-0.39, 0.29) is 5.91 Å². The van der Waals surface area contributed by atoms with Gasteiger partial charge in [0.15, 0.2) is 0 Å². The number of carbonyl (C=O) groups excluding carboxylic acids is 1. The zero-order valence-electron chi connectivity index (χ0n) is 9.70. The molecule has 0 aromatic rings. The number of amides is 1. The number of likely N-dealkylation sites (N-methyl/N-ethyl adjacent to an activating group) is 1. The summed E-state index contributed by atoms with van der Waals surface area (Å²) in [6, 6.07) is 0.588. The van der Waals surface area contributed by atoms with Crippen LogP contribution in [0.25, 0.3) is 0 Å². The minimum Gasteiger partial charge on any atom is -0.300 e. The van der Waals surface area contributed by atoms with Crippen molar-refractivity contribution in [3.8, 4) is 0 Å². The molecule has 1 rings (SSSR count). The van der Waals surface area contributed by atoms with Crippen LogP contribution in [0.3, 0.4) is 0 Å². The molecule has 1 amide bonds. The molecule has 1 atom stereocenters. The summed E-state index contributed by atoms with van der Waals surface area (Å²) in [5.74, 6) is 4.95. The van der Waals surface area contributed by atoms with Gasteiger partial charge in [0.05, 0.1) is 0 Å². The van der Waals surface area contributed by atoms with Crippen LogP contribution in [-0.2, 0) is 4.79 Å². The van der Waals surface area contributed by atoms with Gasteiger partial charge in [0.1, 0.15) is 0 Å². The molecule has 1 fully saturated rings. The van der Waals surface area contributed by atoms with E-state index >= 15 is 0 Å². The summed E-state index contributed by atoms with van der Waals surface area (Å²) in [4.78, 5) is 15.8. The summed E-state index contributed by atoms with van der Waals surface area (Å²) >= 11 is 0. The third kappa shape index (κ3) is 3.77. The fraction of sp³-hybridized carbons (Fsp3) is 0.900. The zero-order valence-corrected chi connectivity index (χ0v) is 9.70. The first-order valence-electron chi connectivity index (χ1n) is 5.63. The first-order chi connectivity index (χ1) is 7.17. The molecule has 5 nitrogen and oxygen atoms in total. The maximum absolute atomic E-state index is 11.0. The van der Waals surface area contributed by atoms with Gasteiger partial charge in [-0.25, -0.2) is 5.84 Å². The highest BCUT2D eigenvalue weighted by Gasteiger charge is 2.22. The van der Waals surface area contributed by atoms with Crippen molar-refractivity contribution in [2.24, 2.45) is 5.84 Å². The first-order valence-corrected chi connectivity index (χ1v) is 5.63. The second kappa shape index (κ2) is 6.05. The van der Waals surface area contributed by atoms with E-state index in [0.29, 0.717) is 12.5 Å². The molecule has 3 N–H and O–H groups in total. The quantitative estimate of drug-likeness (QED) is 0.372. The standard InChI is InChI=1S/C10H22N4O/c1-3-14-7-6-13(8-9(14)2)5-4-10(15)12-11/h9H,3-8,11H2,1-2H3,(H,12,15). The Balaban J connectivity index is 2.25. The molecule has 1 heterocycles. The third-order valence-corrected chi connectivity index (χ3v) is 3.07. The summed E-state index contributed by atoms with van der Waals surface area (Å²) in [6.07, 6.45) is 0.495. The van der Waals surface area contributed by atoms with Crippen LogP contribution in [0.5, 0.6) is 0 Å². The molecule has 1 aliphatic heterocycles. The van der Waals surface area contributed by atoms with Crippen LogP contribution in [0.15, 0.2) is 0 Å². The fourth-order valence-corrected chi connectivity index (χ4v) is 2.08. The Kier molecular flexibility index (Phi) is 5.01. The molecule has 1 unspecified atom stereocenters. The largest absolute Gasteiger partial charge is 0.300 e. The number of hydrazine groups is 1. The number of nitrogens with one attached hydrogen (secondary N) is 1. The molecule has 0 spiro atoms. The smallest absolute Gasteiger partial charge is 0.235 e. The Bertz CT molecular complexity index is 210. The summed E-state index contributed by atoms with van der Waals surface area (Å²) in [5.41, 5.74) is 2.16. The third-order valence-electron chi connectivity index (χ3n) is 3.07. The van der Waals surface area contributed by atoms with Crippen LogP contribution in [0.4, 0.5) is 0 Å². The molecule has 0 aliphatic carbocycles. The lowest BCUT2D eigenvalue weighted by atomic mass is 10.2. The lowest BCUT2D eigenvalue weighted by Crippen LogP contribution is -2.52. The van der Waals surface area contributed by atoms with Gasteiger partial charge in [-0.2, -0.15) is 0 Å². The van der Waals surface area contributed by atoms with E-state index < -0.39 is 0 Å². The molecule has 0 saturated carbocycles. The number of nitrogens with zero attached hydrogens (tertiary/aromatic N) is 2. The lowest BCUT2D eigenvalue weighted by Gasteiger charge is -2.39. The van der Waals surface area contributed by atoms with Gasteiger partial charge in [0.25, 0.3) is 0 Å². The van der Waals surface area contributed by atoms with Crippen molar-refractivity contribution in [1.82, 2.24) is 15.2 Å². The number of piperazine rings is 1. The molecule has 1 saturated heterocycles. The average molecular weight is 214 g/mol. The minimum absolute atomic E-state index is 0.0828. The van der Waals surface area contributed by atoms with Gasteiger partial charge in [-0.1, -0.05) is 6.92 Å². The second-order valence-electron chi connectivity index (χ2n) is 4.10. The minimum atomic E-state index is -0.0828. The molecule has 15 heavy (non-hydrogen) atoms. The van der Waals surface area contributed by atoms with E-state index in [0.717, 1.165) is 32.7 Å². The number of carbonyl (C=O) groups is 1. The topological polar surface area (TPSA) is 61.6 Å². The van der Waals surface area contributed by atoms with Crippen molar-refractivity contribution in [1.29, 1.82) is 0 Å². The van der Waals surface area contributed by atoms with Crippen molar-refractivity contribution >= 4 is 5.91 Å². The van der Waals surface area contributed by atoms with Crippen molar-refractivity contribution in [3.05, 3.63) is 0 Å². The molecule has 0 aromatic heterocycles. The molecule has 0 aromatic carbocycles. The average Bonchev–Trinajstić information content (AvgIpc) is 2.26. The van der Waals surface area contributed by atoms with Crippen molar-refractivity contribution < 1.29 is 4.79 Å². The van der Waals surface area contributed by atoms with Crippen molar-refractivity contribution in [2.45, 2.75) is 26.3 Å². The van der Waals surface area contributed by atoms with Crippen LogP contribution < -0.4 is 11.3 Å². The molecule has 0 bridgehead atoms. The summed E-state index contributed by atoms with van der Waals surface area (Å²) < 4.78 is 0. The normalized spacial score (nSPS) is 24.1. The fourth-order valence-electron chi connectivity index (χ4n) is 2.08. The number of hydrogen-bond acceptors (Lipinski definition) is 4. The van der Waals surface area contributed by atoms with Crippen molar-refractivity contribution in [2.75, 3.05) is 32.7 Å². The maximum Gasteiger partial charge on any atom is 0.235 e. The number of rotatable bonds is 4. The van der Waals surface area contributed by atoms with E-state index in [1.165, 1.54) is 0 Å². The monoisotopic (exact) mass is 214 g/mol. The van der Waals surface area contributed by atoms with Crippen LogP contribution in [-0.4, -0.2) is 54.5 Å². The van der Waals surface area contributed by atoms with Crippen LogP contribution in [0.1, 0.15) is 20.3 Å². The summed E-state index contributed by atoms with van der Waals surface area (Å²) in [6.45, 7) is 9.54. The van der Waals surface area contributed by atoms with E-state index in [1.807, 2.05) is 0 Å². The van der Waals surface area contributed by atoms with Gasteiger partial charge in [-0.15, -0.1) is 0 Å². The van der Waals surface area contributed by atoms with Crippen LogP contribution >= 0.6 is 0 Å². The Morgan fingerprint density at radius 3 is 2.80 bits per heavy atom.